The molecule has 0 aromatic heterocycles. The normalized spacial score (nSPS) is 13.2. The van der Waals surface area contributed by atoms with Crippen LogP contribution in [0.5, 0.6) is 5.75 Å². The molecule has 2 rings (SSSR count). The van der Waals surface area contributed by atoms with Gasteiger partial charge in [-0.25, -0.2) is 0 Å². The fraction of sp³-hybridized carbons (Fsp3) is 0.304. The minimum atomic E-state index is -1.23. The molecule has 0 aliphatic heterocycles. The van der Waals surface area contributed by atoms with Crippen molar-refractivity contribution in [3.8, 4) is 5.75 Å². The van der Waals surface area contributed by atoms with Gasteiger partial charge in [-0.1, -0.05) is 42.5 Å². The van der Waals surface area contributed by atoms with Gasteiger partial charge in [0, 0.05) is 18.6 Å². The van der Waals surface area contributed by atoms with Gasteiger partial charge in [0.15, 0.2) is 0 Å². The van der Waals surface area contributed by atoms with Crippen LogP contribution in [0.15, 0.2) is 54.6 Å². The summed E-state index contributed by atoms with van der Waals surface area (Å²) in [5.41, 5.74) is 7.12. The van der Waals surface area contributed by atoms with E-state index in [1.807, 2.05) is 0 Å². The second kappa shape index (κ2) is 13.2. The topological polar surface area (TPSA) is 171 Å². The van der Waals surface area contributed by atoms with Gasteiger partial charge in [0.2, 0.25) is 17.7 Å². The van der Waals surface area contributed by atoms with Crippen molar-refractivity contribution in [2.24, 2.45) is 5.73 Å². The van der Waals surface area contributed by atoms with E-state index in [0.29, 0.717) is 5.56 Å². The quantitative estimate of drug-likeness (QED) is 0.199. The zero-order chi connectivity index (χ0) is 25.1. The number of hydrogen-bond donors (Lipinski definition) is 7. The van der Waals surface area contributed by atoms with Gasteiger partial charge in [-0.05, 0) is 23.3 Å². The van der Waals surface area contributed by atoms with Crippen molar-refractivity contribution >= 4 is 36.3 Å². The van der Waals surface area contributed by atoms with E-state index in [0.717, 1.165) is 5.56 Å². The molecular weight excluding hydrogens is 460 g/mol. The Kier molecular flexibility index (Phi) is 10.4. The second-order valence-corrected chi connectivity index (χ2v) is 7.95. The number of carbonyl (C=O) groups is 4. The molecule has 11 heteroatoms. The Morgan fingerprint density at radius 3 is 1.91 bits per heavy atom. The average Bonchev–Trinajstić information content (AvgIpc) is 2.82. The smallest absolute Gasteiger partial charge is 0.322 e. The van der Waals surface area contributed by atoms with Crippen LogP contribution in [0.25, 0.3) is 0 Å². The molecule has 2 aromatic rings. The standard InChI is InChI=1S/C23H28N4O6S/c24-17(13-34)21(31)26-19(11-15-6-8-16(28)9-7-15)23(33)27-18(22(32)25-12-20(29)30)10-14-4-2-1-3-5-14/h1-9,17-19,28,34H,10-13,24H2,(H,25,32)(H,26,31)(H,27,33)(H,29,30). The van der Waals surface area contributed by atoms with Crippen LogP contribution in [0, 0.1) is 0 Å². The zero-order valence-corrected chi connectivity index (χ0v) is 19.2. The van der Waals surface area contributed by atoms with Crippen molar-refractivity contribution in [2.75, 3.05) is 12.3 Å². The van der Waals surface area contributed by atoms with Crippen LogP contribution in [-0.2, 0) is 32.0 Å². The molecule has 0 aliphatic rings. The SMILES string of the molecule is NC(CS)C(=O)NC(Cc1ccc(O)cc1)C(=O)NC(Cc1ccccc1)C(=O)NCC(=O)O. The number of thiol groups is 1. The van der Waals surface area contributed by atoms with Crippen LogP contribution in [0.2, 0.25) is 0 Å². The highest BCUT2D eigenvalue weighted by Gasteiger charge is 2.28. The highest BCUT2D eigenvalue weighted by atomic mass is 32.1. The zero-order valence-electron chi connectivity index (χ0n) is 18.3. The second-order valence-electron chi connectivity index (χ2n) is 7.58. The van der Waals surface area contributed by atoms with Gasteiger partial charge in [0.25, 0.3) is 0 Å². The highest BCUT2D eigenvalue weighted by Crippen LogP contribution is 2.12. The Morgan fingerprint density at radius 2 is 1.35 bits per heavy atom. The van der Waals surface area contributed by atoms with E-state index < -0.39 is 48.4 Å². The number of carbonyl (C=O) groups excluding carboxylic acids is 3. The molecule has 0 aliphatic carbocycles. The molecule has 7 N–H and O–H groups in total. The lowest BCUT2D eigenvalue weighted by Gasteiger charge is -2.24. The summed E-state index contributed by atoms with van der Waals surface area (Å²) in [4.78, 5) is 49.1. The third kappa shape index (κ3) is 8.75. The summed E-state index contributed by atoms with van der Waals surface area (Å²) in [5, 5.41) is 25.8. The molecule has 0 saturated heterocycles. The number of carboxylic acids is 1. The summed E-state index contributed by atoms with van der Waals surface area (Å²) in [6.45, 7) is -0.607. The Hall–Kier alpha value is -3.57. The first kappa shape index (κ1) is 26.7. The van der Waals surface area contributed by atoms with E-state index in [1.165, 1.54) is 12.1 Å². The summed E-state index contributed by atoms with van der Waals surface area (Å²) < 4.78 is 0. The number of aromatic hydroxyl groups is 1. The summed E-state index contributed by atoms with van der Waals surface area (Å²) in [6.07, 6.45) is 0.167. The molecule has 0 heterocycles. The summed E-state index contributed by atoms with van der Waals surface area (Å²) in [7, 11) is 0. The third-order valence-corrected chi connectivity index (χ3v) is 5.27. The van der Waals surface area contributed by atoms with E-state index in [9.17, 15) is 24.3 Å². The van der Waals surface area contributed by atoms with Crippen LogP contribution in [0.1, 0.15) is 11.1 Å². The molecule has 34 heavy (non-hydrogen) atoms. The number of amides is 3. The van der Waals surface area contributed by atoms with Crippen molar-refractivity contribution in [3.63, 3.8) is 0 Å². The van der Waals surface area contributed by atoms with E-state index in [4.69, 9.17) is 10.8 Å². The van der Waals surface area contributed by atoms with Gasteiger partial charge in [-0.2, -0.15) is 12.6 Å². The predicted molar refractivity (Wildman–Crippen MR) is 128 cm³/mol. The Labute approximate surface area is 202 Å². The number of phenols is 1. The first-order chi connectivity index (χ1) is 16.2. The van der Waals surface area contributed by atoms with Gasteiger partial charge in [-0.15, -0.1) is 0 Å². The maximum Gasteiger partial charge on any atom is 0.322 e. The van der Waals surface area contributed by atoms with Gasteiger partial charge in [-0.3, -0.25) is 19.2 Å². The maximum absolute atomic E-state index is 13.2. The molecule has 0 bridgehead atoms. The average molecular weight is 489 g/mol. The van der Waals surface area contributed by atoms with Gasteiger partial charge in [0.1, 0.15) is 24.4 Å². The van der Waals surface area contributed by atoms with Crippen LogP contribution in [0.3, 0.4) is 0 Å². The van der Waals surface area contributed by atoms with Crippen molar-refractivity contribution in [1.82, 2.24) is 16.0 Å². The summed E-state index contributed by atoms with van der Waals surface area (Å²) in [6, 6.07) is 11.9. The predicted octanol–water partition coefficient (Wildman–Crippen LogP) is -0.395. The largest absolute Gasteiger partial charge is 0.508 e. The van der Waals surface area contributed by atoms with Crippen LogP contribution < -0.4 is 21.7 Å². The van der Waals surface area contributed by atoms with Crippen molar-refractivity contribution in [3.05, 3.63) is 65.7 Å². The molecular formula is C23H28N4O6S. The maximum atomic E-state index is 13.2. The monoisotopic (exact) mass is 488 g/mol. The molecule has 182 valence electrons. The number of hydrogen-bond acceptors (Lipinski definition) is 7. The third-order valence-electron chi connectivity index (χ3n) is 4.87. The Morgan fingerprint density at radius 1 is 0.824 bits per heavy atom. The van der Waals surface area contributed by atoms with Crippen molar-refractivity contribution in [1.29, 1.82) is 0 Å². The van der Waals surface area contributed by atoms with Gasteiger partial charge < -0.3 is 31.9 Å². The van der Waals surface area contributed by atoms with E-state index in [1.54, 1.807) is 42.5 Å². The first-order valence-corrected chi connectivity index (χ1v) is 11.1. The highest BCUT2D eigenvalue weighted by molar-refractivity contribution is 7.80. The number of phenolic OH excluding ortho intramolecular Hbond substituents is 1. The van der Waals surface area contributed by atoms with Crippen molar-refractivity contribution < 1.29 is 29.4 Å². The Balaban J connectivity index is 2.23. The summed E-state index contributed by atoms with van der Waals surface area (Å²) in [5.74, 6) is -3.04. The van der Waals surface area contributed by atoms with E-state index >= 15 is 0 Å². The molecule has 0 saturated carbocycles. The summed E-state index contributed by atoms with van der Waals surface area (Å²) >= 11 is 4.00. The minimum absolute atomic E-state index is 0.0453. The number of carboxylic acid groups (broad SMARTS) is 1. The molecule has 0 spiro atoms. The molecule has 0 radical (unpaired) electrons. The van der Waals surface area contributed by atoms with E-state index in [2.05, 4.69) is 28.6 Å². The van der Waals surface area contributed by atoms with Gasteiger partial charge in [0.05, 0.1) is 6.04 Å². The fourth-order valence-corrected chi connectivity index (χ4v) is 3.22. The molecule has 2 aromatic carbocycles. The lowest BCUT2D eigenvalue weighted by molar-refractivity contribution is -0.138. The molecule has 3 amide bonds. The lowest BCUT2D eigenvalue weighted by atomic mass is 10.0. The number of aliphatic carboxylic acids is 1. The minimum Gasteiger partial charge on any atom is -0.508 e. The first-order valence-electron chi connectivity index (χ1n) is 10.5. The molecule has 0 fully saturated rings. The number of nitrogens with one attached hydrogen (secondary N) is 3. The number of benzene rings is 2. The number of rotatable bonds is 12. The van der Waals surface area contributed by atoms with Gasteiger partial charge >= 0.3 is 5.97 Å². The van der Waals surface area contributed by atoms with Crippen molar-refractivity contribution in [2.45, 2.75) is 31.0 Å². The van der Waals surface area contributed by atoms with Crippen LogP contribution in [-0.4, -0.2) is 64.3 Å². The Bertz CT molecular complexity index is 987. The lowest BCUT2D eigenvalue weighted by Crippen LogP contribution is -2.57. The van der Waals surface area contributed by atoms with E-state index in [-0.39, 0.29) is 24.3 Å². The molecule has 10 nitrogen and oxygen atoms in total. The van der Waals surface area contributed by atoms with Crippen LogP contribution >= 0.6 is 12.6 Å². The fourth-order valence-electron chi connectivity index (χ4n) is 3.06. The van der Waals surface area contributed by atoms with Crippen LogP contribution in [0.4, 0.5) is 0 Å². The number of nitrogens with two attached hydrogens (primary N) is 1. The molecule has 3 unspecified atom stereocenters. The molecule has 3 atom stereocenters.